The smallest absolute Gasteiger partial charge is 0.261 e. The third-order valence-corrected chi connectivity index (χ3v) is 4.50. The second-order valence-electron chi connectivity index (χ2n) is 5.50. The lowest BCUT2D eigenvalue weighted by molar-refractivity contribution is 0.0954. The maximum Gasteiger partial charge on any atom is 0.261 e. The van der Waals surface area contributed by atoms with E-state index in [2.05, 4.69) is 24.5 Å². The summed E-state index contributed by atoms with van der Waals surface area (Å²) in [6.07, 6.45) is 0. The van der Waals surface area contributed by atoms with E-state index >= 15 is 0 Å². The number of benzene rings is 1. The second kappa shape index (κ2) is 7.27. The largest absolute Gasteiger partial charge is 0.380 e. The summed E-state index contributed by atoms with van der Waals surface area (Å²) in [5.74, 6) is 0.443. The number of carbonyl (C=O) groups excluding carboxylic acids is 1. The minimum atomic E-state index is 0.0167. The van der Waals surface area contributed by atoms with Gasteiger partial charge in [0, 0.05) is 18.3 Å². The lowest BCUT2D eigenvalue weighted by atomic mass is 10.0. The Morgan fingerprint density at radius 3 is 2.48 bits per heavy atom. The van der Waals surface area contributed by atoms with Gasteiger partial charge in [-0.25, -0.2) is 0 Å². The second-order valence-corrected chi connectivity index (χ2v) is 6.42. The van der Waals surface area contributed by atoms with Gasteiger partial charge in [-0.2, -0.15) is 0 Å². The third kappa shape index (κ3) is 4.33. The Labute approximate surface area is 130 Å². The predicted octanol–water partition coefficient (Wildman–Crippen LogP) is 3.92. The molecule has 0 unspecified atom stereocenters. The molecule has 0 bridgehead atoms. The van der Waals surface area contributed by atoms with Crippen molar-refractivity contribution in [2.75, 3.05) is 11.9 Å². The van der Waals surface area contributed by atoms with Gasteiger partial charge >= 0.3 is 0 Å². The summed E-state index contributed by atoms with van der Waals surface area (Å²) in [7, 11) is 0. The van der Waals surface area contributed by atoms with Gasteiger partial charge in [0.25, 0.3) is 5.91 Å². The highest BCUT2D eigenvalue weighted by molar-refractivity contribution is 7.12. The maximum atomic E-state index is 12.2. The molecule has 0 fully saturated rings. The number of hydrogen-bond donors (Lipinski definition) is 2. The van der Waals surface area contributed by atoms with E-state index in [0.717, 1.165) is 16.1 Å². The van der Waals surface area contributed by atoms with E-state index in [1.807, 2.05) is 48.7 Å². The number of rotatable bonds is 6. The number of anilines is 1. The van der Waals surface area contributed by atoms with E-state index in [9.17, 15) is 4.79 Å². The molecule has 1 heterocycles. The van der Waals surface area contributed by atoms with Crippen LogP contribution in [0.1, 0.15) is 29.1 Å². The molecule has 2 N–H and O–H groups in total. The molecule has 4 heteroatoms. The molecule has 1 aromatic heterocycles. The van der Waals surface area contributed by atoms with E-state index in [4.69, 9.17) is 0 Å². The van der Waals surface area contributed by atoms with Crippen molar-refractivity contribution < 1.29 is 4.79 Å². The predicted molar refractivity (Wildman–Crippen MR) is 90.1 cm³/mol. The fourth-order valence-electron chi connectivity index (χ4n) is 2.09. The van der Waals surface area contributed by atoms with Crippen molar-refractivity contribution in [2.24, 2.45) is 5.92 Å². The van der Waals surface area contributed by atoms with Crippen LogP contribution in [0.5, 0.6) is 0 Å². The van der Waals surface area contributed by atoms with E-state index in [1.54, 1.807) is 0 Å². The average Bonchev–Trinajstić information content (AvgIpc) is 2.90. The topological polar surface area (TPSA) is 41.1 Å². The van der Waals surface area contributed by atoms with Crippen LogP contribution < -0.4 is 10.6 Å². The molecule has 1 aromatic carbocycles. The highest BCUT2D eigenvalue weighted by Gasteiger charge is 2.16. The Balaban J connectivity index is 1.95. The minimum Gasteiger partial charge on any atom is -0.380 e. The molecule has 1 atom stereocenters. The number of amides is 1. The summed E-state index contributed by atoms with van der Waals surface area (Å²) in [5.41, 5.74) is 2.12. The van der Waals surface area contributed by atoms with Crippen LogP contribution in [0.25, 0.3) is 0 Å². The molecule has 0 aliphatic carbocycles. The number of hydrogen-bond acceptors (Lipinski definition) is 3. The lowest BCUT2D eigenvalue weighted by Crippen LogP contribution is -2.39. The first-order valence-corrected chi connectivity index (χ1v) is 8.09. The first-order chi connectivity index (χ1) is 10.1. The molecule has 0 aliphatic rings. The summed E-state index contributed by atoms with van der Waals surface area (Å²) in [6, 6.07) is 12.3. The fraction of sp³-hybridized carbons (Fsp3) is 0.353. The fourth-order valence-corrected chi connectivity index (χ4v) is 2.93. The van der Waals surface area contributed by atoms with E-state index in [0.29, 0.717) is 12.5 Å². The van der Waals surface area contributed by atoms with Gasteiger partial charge < -0.3 is 10.6 Å². The van der Waals surface area contributed by atoms with Gasteiger partial charge in [0.05, 0.1) is 4.88 Å². The maximum absolute atomic E-state index is 12.2. The quantitative estimate of drug-likeness (QED) is 0.849. The van der Waals surface area contributed by atoms with Crippen molar-refractivity contribution in [3.05, 3.63) is 52.2 Å². The van der Waals surface area contributed by atoms with Crippen molar-refractivity contribution in [2.45, 2.75) is 26.8 Å². The van der Waals surface area contributed by atoms with Crippen LogP contribution in [-0.2, 0) is 0 Å². The van der Waals surface area contributed by atoms with Crippen LogP contribution in [0.15, 0.2) is 41.8 Å². The molecular weight excluding hydrogens is 280 g/mol. The Morgan fingerprint density at radius 1 is 1.19 bits per heavy atom. The zero-order valence-electron chi connectivity index (χ0n) is 12.7. The molecule has 112 valence electrons. The lowest BCUT2D eigenvalue weighted by Gasteiger charge is -2.24. The van der Waals surface area contributed by atoms with Crippen molar-refractivity contribution in [3.63, 3.8) is 0 Å². The molecule has 2 rings (SSSR count). The summed E-state index contributed by atoms with van der Waals surface area (Å²) in [6.45, 7) is 6.89. The third-order valence-electron chi connectivity index (χ3n) is 3.48. The van der Waals surface area contributed by atoms with Gasteiger partial charge in [0.15, 0.2) is 0 Å². The van der Waals surface area contributed by atoms with Crippen LogP contribution in [0, 0.1) is 12.8 Å². The van der Waals surface area contributed by atoms with Crippen LogP contribution in [0.2, 0.25) is 0 Å². The van der Waals surface area contributed by atoms with Gasteiger partial charge in [-0.05, 0) is 42.0 Å². The molecule has 1 amide bonds. The van der Waals surface area contributed by atoms with E-state index in [-0.39, 0.29) is 11.9 Å². The van der Waals surface area contributed by atoms with Crippen LogP contribution >= 0.6 is 11.3 Å². The average molecular weight is 302 g/mol. The van der Waals surface area contributed by atoms with Crippen molar-refractivity contribution in [3.8, 4) is 0 Å². The number of carbonyl (C=O) groups is 1. The van der Waals surface area contributed by atoms with Gasteiger partial charge in [-0.1, -0.05) is 32.0 Å². The van der Waals surface area contributed by atoms with Gasteiger partial charge in [0.1, 0.15) is 0 Å². The van der Waals surface area contributed by atoms with Crippen molar-refractivity contribution in [1.29, 1.82) is 0 Å². The standard InChI is InChI=1S/C17H22N2OS/c1-12(2)15(19-14-7-5-4-6-8-14)11-18-17(20)16-13(3)9-10-21-16/h4-10,12,15,19H,11H2,1-3H3,(H,18,20)/t15-/m1/s1. The van der Waals surface area contributed by atoms with Gasteiger partial charge in [0.2, 0.25) is 0 Å². The van der Waals surface area contributed by atoms with E-state index < -0.39 is 0 Å². The van der Waals surface area contributed by atoms with Crippen LogP contribution in [0.3, 0.4) is 0 Å². The highest BCUT2D eigenvalue weighted by atomic mass is 32.1. The molecule has 3 nitrogen and oxygen atoms in total. The highest BCUT2D eigenvalue weighted by Crippen LogP contribution is 2.16. The number of nitrogens with one attached hydrogen (secondary N) is 2. The first-order valence-electron chi connectivity index (χ1n) is 7.22. The molecule has 0 spiro atoms. The monoisotopic (exact) mass is 302 g/mol. The zero-order valence-corrected chi connectivity index (χ0v) is 13.5. The van der Waals surface area contributed by atoms with Crippen molar-refractivity contribution in [1.82, 2.24) is 5.32 Å². The minimum absolute atomic E-state index is 0.0167. The molecule has 0 radical (unpaired) electrons. The van der Waals surface area contributed by atoms with E-state index in [1.165, 1.54) is 11.3 Å². The van der Waals surface area contributed by atoms with Crippen molar-refractivity contribution >= 4 is 22.9 Å². The zero-order chi connectivity index (χ0) is 15.2. The number of aryl methyl sites for hydroxylation is 1. The SMILES string of the molecule is Cc1ccsc1C(=O)NC[C@@H](Nc1ccccc1)C(C)C. The molecule has 2 aromatic rings. The molecule has 0 saturated heterocycles. The first kappa shape index (κ1) is 15.6. The number of thiophene rings is 1. The van der Waals surface area contributed by atoms with Gasteiger partial charge in [-0.3, -0.25) is 4.79 Å². The van der Waals surface area contributed by atoms with Gasteiger partial charge in [-0.15, -0.1) is 11.3 Å². The molecule has 0 saturated carbocycles. The normalized spacial score (nSPS) is 12.2. The van der Waals surface area contributed by atoms with Crippen LogP contribution in [0.4, 0.5) is 5.69 Å². The number of para-hydroxylation sites is 1. The summed E-state index contributed by atoms with van der Waals surface area (Å²) >= 11 is 1.49. The molecule has 21 heavy (non-hydrogen) atoms. The summed E-state index contributed by atoms with van der Waals surface area (Å²) in [5, 5.41) is 8.47. The Bertz CT molecular complexity index is 577. The summed E-state index contributed by atoms with van der Waals surface area (Å²) < 4.78 is 0. The van der Waals surface area contributed by atoms with Crippen LogP contribution in [-0.4, -0.2) is 18.5 Å². The Hall–Kier alpha value is -1.81. The summed E-state index contributed by atoms with van der Waals surface area (Å²) in [4.78, 5) is 13.0. The molecular formula is C17H22N2OS. The Kier molecular flexibility index (Phi) is 5.39. The molecule has 0 aliphatic heterocycles. The Morgan fingerprint density at radius 2 is 1.90 bits per heavy atom.